The molecular weight excluding hydrogens is 268 g/mol. The standard InChI is InChI=1S/C15H18N4O2/c1-10(2)18-14-15(21)19(9-13(16)20)12(8-17-14)11-6-4-3-5-7-11/h3-8,10H,9H2,1-2H3,(H2,16,20)(H,17,18). The molecule has 110 valence electrons. The molecular formula is C15H18N4O2. The molecule has 0 radical (unpaired) electrons. The first-order valence-corrected chi connectivity index (χ1v) is 6.69. The summed E-state index contributed by atoms with van der Waals surface area (Å²) in [7, 11) is 0. The van der Waals surface area contributed by atoms with E-state index in [1.54, 1.807) is 6.20 Å². The lowest BCUT2D eigenvalue weighted by Crippen LogP contribution is -2.32. The maximum absolute atomic E-state index is 12.5. The third-order valence-electron chi connectivity index (χ3n) is 2.86. The van der Waals surface area contributed by atoms with E-state index in [1.807, 2.05) is 44.2 Å². The van der Waals surface area contributed by atoms with Crippen molar-refractivity contribution in [1.82, 2.24) is 9.55 Å². The summed E-state index contributed by atoms with van der Waals surface area (Å²) in [6.45, 7) is 3.63. The van der Waals surface area contributed by atoms with Gasteiger partial charge in [0.15, 0.2) is 5.82 Å². The molecule has 2 aromatic rings. The van der Waals surface area contributed by atoms with Gasteiger partial charge in [0.05, 0.1) is 11.9 Å². The Kier molecular flexibility index (Phi) is 4.37. The van der Waals surface area contributed by atoms with Gasteiger partial charge in [0.2, 0.25) is 5.91 Å². The molecule has 0 spiro atoms. The fourth-order valence-corrected chi connectivity index (χ4v) is 2.01. The van der Waals surface area contributed by atoms with Crippen LogP contribution in [0.25, 0.3) is 11.3 Å². The molecule has 0 saturated carbocycles. The highest BCUT2D eigenvalue weighted by atomic mass is 16.2. The number of hydrogen-bond donors (Lipinski definition) is 2. The molecule has 1 aromatic heterocycles. The van der Waals surface area contributed by atoms with Gasteiger partial charge in [-0.1, -0.05) is 30.3 Å². The topological polar surface area (TPSA) is 90.0 Å². The Hall–Kier alpha value is -2.63. The second-order valence-corrected chi connectivity index (χ2v) is 5.01. The Balaban J connectivity index is 2.58. The van der Waals surface area contributed by atoms with Crippen LogP contribution >= 0.6 is 0 Å². The van der Waals surface area contributed by atoms with Gasteiger partial charge in [-0.15, -0.1) is 0 Å². The molecule has 0 aliphatic carbocycles. The number of carbonyl (C=O) groups excluding carboxylic acids is 1. The van der Waals surface area contributed by atoms with Crippen LogP contribution in [0.3, 0.4) is 0 Å². The van der Waals surface area contributed by atoms with E-state index in [2.05, 4.69) is 10.3 Å². The van der Waals surface area contributed by atoms with Crippen LogP contribution < -0.4 is 16.6 Å². The smallest absolute Gasteiger partial charge is 0.294 e. The lowest BCUT2D eigenvalue weighted by atomic mass is 10.1. The van der Waals surface area contributed by atoms with E-state index >= 15 is 0 Å². The van der Waals surface area contributed by atoms with Crippen LogP contribution in [-0.4, -0.2) is 21.5 Å². The lowest BCUT2D eigenvalue weighted by Gasteiger charge is -2.14. The van der Waals surface area contributed by atoms with Crippen molar-refractivity contribution in [1.29, 1.82) is 0 Å². The number of carbonyl (C=O) groups is 1. The average Bonchev–Trinajstić information content (AvgIpc) is 2.43. The highest BCUT2D eigenvalue weighted by Gasteiger charge is 2.13. The van der Waals surface area contributed by atoms with Crippen LogP contribution in [0.1, 0.15) is 13.8 Å². The van der Waals surface area contributed by atoms with Crippen molar-refractivity contribution >= 4 is 11.7 Å². The second kappa shape index (κ2) is 6.21. The monoisotopic (exact) mass is 286 g/mol. The molecule has 1 aromatic carbocycles. The zero-order valence-electron chi connectivity index (χ0n) is 12.0. The molecule has 0 saturated heterocycles. The van der Waals surface area contributed by atoms with Crippen molar-refractivity contribution in [3.63, 3.8) is 0 Å². The van der Waals surface area contributed by atoms with Gasteiger partial charge in [0.1, 0.15) is 6.54 Å². The highest BCUT2D eigenvalue weighted by molar-refractivity contribution is 5.75. The van der Waals surface area contributed by atoms with Crippen molar-refractivity contribution in [3.05, 3.63) is 46.9 Å². The predicted octanol–water partition coefficient (Wildman–Crippen LogP) is 1.22. The normalized spacial score (nSPS) is 10.6. The van der Waals surface area contributed by atoms with Crippen molar-refractivity contribution in [3.8, 4) is 11.3 Å². The van der Waals surface area contributed by atoms with E-state index < -0.39 is 5.91 Å². The summed E-state index contributed by atoms with van der Waals surface area (Å²) < 4.78 is 1.34. The Morgan fingerprint density at radius 1 is 1.33 bits per heavy atom. The van der Waals surface area contributed by atoms with Crippen LogP contribution in [0, 0.1) is 0 Å². The van der Waals surface area contributed by atoms with Gasteiger partial charge < -0.3 is 11.1 Å². The molecule has 0 unspecified atom stereocenters. The Morgan fingerprint density at radius 3 is 2.57 bits per heavy atom. The van der Waals surface area contributed by atoms with Crippen LogP contribution in [0.5, 0.6) is 0 Å². The summed E-state index contributed by atoms with van der Waals surface area (Å²) in [4.78, 5) is 27.9. The Labute approximate surface area is 122 Å². The zero-order valence-corrected chi connectivity index (χ0v) is 12.0. The number of anilines is 1. The first kappa shape index (κ1) is 14.8. The minimum atomic E-state index is -0.573. The number of rotatable bonds is 5. The molecule has 0 fully saturated rings. The molecule has 6 nitrogen and oxygen atoms in total. The summed E-state index contributed by atoms with van der Waals surface area (Å²) in [6, 6.07) is 9.35. The second-order valence-electron chi connectivity index (χ2n) is 5.01. The third kappa shape index (κ3) is 3.47. The summed E-state index contributed by atoms with van der Waals surface area (Å²) in [5, 5.41) is 2.97. The number of benzene rings is 1. The molecule has 21 heavy (non-hydrogen) atoms. The molecule has 1 amide bonds. The molecule has 2 rings (SSSR count). The van der Waals surface area contributed by atoms with Crippen molar-refractivity contribution in [2.75, 3.05) is 5.32 Å². The largest absolute Gasteiger partial charge is 0.368 e. The van der Waals surface area contributed by atoms with Crippen LogP contribution in [-0.2, 0) is 11.3 Å². The van der Waals surface area contributed by atoms with Gasteiger partial charge in [-0.05, 0) is 19.4 Å². The van der Waals surface area contributed by atoms with Crippen LogP contribution in [0.2, 0.25) is 0 Å². The van der Waals surface area contributed by atoms with E-state index in [9.17, 15) is 9.59 Å². The molecule has 0 atom stereocenters. The van der Waals surface area contributed by atoms with Gasteiger partial charge in [0, 0.05) is 6.04 Å². The number of hydrogen-bond acceptors (Lipinski definition) is 4. The van der Waals surface area contributed by atoms with E-state index in [0.29, 0.717) is 5.69 Å². The predicted molar refractivity (Wildman–Crippen MR) is 81.9 cm³/mol. The van der Waals surface area contributed by atoms with Gasteiger partial charge in [-0.2, -0.15) is 0 Å². The van der Waals surface area contributed by atoms with E-state index in [0.717, 1.165) is 5.56 Å². The van der Waals surface area contributed by atoms with Crippen molar-refractivity contribution in [2.24, 2.45) is 5.73 Å². The molecule has 0 aliphatic rings. The summed E-state index contributed by atoms with van der Waals surface area (Å²) in [5.74, 6) is -0.359. The summed E-state index contributed by atoms with van der Waals surface area (Å²) in [5.41, 5.74) is 6.26. The van der Waals surface area contributed by atoms with E-state index in [1.165, 1.54) is 4.57 Å². The van der Waals surface area contributed by atoms with Crippen molar-refractivity contribution < 1.29 is 4.79 Å². The number of nitrogens with zero attached hydrogens (tertiary/aromatic N) is 2. The number of amides is 1. The maximum atomic E-state index is 12.5. The van der Waals surface area contributed by atoms with Crippen LogP contribution in [0.4, 0.5) is 5.82 Å². The van der Waals surface area contributed by atoms with E-state index in [4.69, 9.17) is 5.73 Å². The first-order chi connectivity index (χ1) is 9.99. The number of primary amides is 1. The summed E-state index contributed by atoms with van der Waals surface area (Å²) >= 11 is 0. The van der Waals surface area contributed by atoms with E-state index in [-0.39, 0.29) is 24.0 Å². The molecule has 0 aliphatic heterocycles. The summed E-state index contributed by atoms with van der Waals surface area (Å²) in [6.07, 6.45) is 1.57. The quantitative estimate of drug-likeness (QED) is 0.864. The third-order valence-corrected chi connectivity index (χ3v) is 2.86. The number of aromatic nitrogens is 2. The fourth-order valence-electron chi connectivity index (χ4n) is 2.01. The van der Waals surface area contributed by atoms with Gasteiger partial charge >= 0.3 is 0 Å². The van der Waals surface area contributed by atoms with Crippen molar-refractivity contribution in [2.45, 2.75) is 26.4 Å². The number of nitrogens with two attached hydrogens (primary N) is 1. The Bertz CT molecular complexity index is 693. The Morgan fingerprint density at radius 2 is 2.00 bits per heavy atom. The molecule has 1 heterocycles. The molecule has 0 bridgehead atoms. The van der Waals surface area contributed by atoms with Crippen LogP contribution in [0.15, 0.2) is 41.3 Å². The minimum absolute atomic E-state index is 0.0646. The number of nitrogens with one attached hydrogen (secondary N) is 1. The zero-order chi connectivity index (χ0) is 15.4. The maximum Gasteiger partial charge on any atom is 0.294 e. The SMILES string of the molecule is CC(C)Nc1ncc(-c2ccccc2)n(CC(N)=O)c1=O. The molecule has 6 heteroatoms. The highest BCUT2D eigenvalue weighted by Crippen LogP contribution is 2.17. The lowest BCUT2D eigenvalue weighted by molar-refractivity contribution is -0.118. The average molecular weight is 286 g/mol. The van der Waals surface area contributed by atoms with Gasteiger partial charge in [-0.25, -0.2) is 4.98 Å². The minimum Gasteiger partial charge on any atom is -0.368 e. The van der Waals surface area contributed by atoms with Gasteiger partial charge in [0.25, 0.3) is 5.56 Å². The van der Waals surface area contributed by atoms with Gasteiger partial charge in [-0.3, -0.25) is 14.2 Å². The first-order valence-electron chi connectivity index (χ1n) is 6.69. The molecule has 3 N–H and O–H groups in total. The fraction of sp³-hybridized carbons (Fsp3) is 0.267.